The van der Waals surface area contributed by atoms with Gasteiger partial charge in [0.05, 0.1) is 5.69 Å². The standard InChI is InChI=1S/C11H13FN2O/c12-9-5-2-6-10(7-9)13-14-11(15)8-3-1-4-8/h2,5-8,13H,1,3-4H2,(H,14,15). The fourth-order valence-electron chi connectivity index (χ4n) is 1.47. The summed E-state index contributed by atoms with van der Waals surface area (Å²) in [6.07, 6.45) is 3.03. The molecule has 0 unspecified atom stereocenters. The molecule has 0 heterocycles. The summed E-state index contributed by atoms with van der Waals surface area (Å²) in [5.41, 5.74) is 5.83. The lowest BCUT2D eigenvalue weighted by molar-refractivity contribution is -0.126. The molecule has 1 aromatic carbocycles. The van der Waals surface area contributed by atoms with E-state index in [2.05, 4.69) is 10.9 Å². The highest BCUT2D eigenvalue weighted by Crippen LogP contribution is 2.26. The number of nitrogens with one attached hydrogen (secondary N) is 2. The summed E-state index contributed by atoms with van der Waals surface area (Å²) in [5.74, 6) is -0.200. The van der Waals surface area contributed by atoms with Gasteiger partial charge in [-0.1, -0.05) is 12.5 Å². The summed E-state index contributed by atoms with van der Waals surface area (Å²) in [7, 11) is 0. The van der Waals surface area contributed by atoms with E-state index in [9.17, 15) is 9.18 Å². The smallest absolute Gasteiger partial charge is 0.241 e. The Kier molecular flexibility index (Phi) is 2.85. The molecular formula is C11H13FN2O. The van der Waals surface area contributed by atoms with Gasteiger partial charge in [-0.05, 0) is 31.0 Å². The molecule has 1 amide bonds. The number of hydrazine groups is 1. The van der Waals surface area contributed by atoms with Gasteiger partial charge in [-0.3, -0.25) is 15.6 Å². The van der Waals surface area contributed by atoms with Crippen LogP contribution in [0.2, 0.25) is 0 Å². The van der Waals surface area contributed by atoms with E-state index in [0.717, 1.165) is 19.3 Å². The van der Waals surface area contributed by atoms with Crippen LogP contribution in [0, 0.1) is 11.7 Å². The van der Waals surface area contributed by atoms with Gasteiger partial charge in [0.2, 0.25) is 5.91 Å². The lowest BCUT2D eigenvalue weighted by atomic mass is 9.85. The third-order valence-corrected chi connectivity index (χ3v) is 2.63. The molecule has 1 saturated carbocycles. The van der Waals surface area contributed by atoms with Crippen molar-refractivity contribution in [3.8, 4) is 0 Å². The monoisotopic (exact) mass is 208 g/mol. The molecule has 0 bridgehead atoms. The van der Waals surface area contributed by atoms with Gasteiger partial charge < -0.3 is 0 Å². The van der Waals surface area contributed by atoms with Gasteiger partial charge in [-0.25, -0.2) is 4.39 Å². The van der Waals surface area contributed by atoms with Gasteiger partial charge >= 0.3 is 0 Å². The van der Waals surface area contributed by atoms with Crippen molar-refractivity contribution < 1.29 is 9.18 Å². The van der Waals surface area contributed by atoms with Gasteiger partial charge in [-0.2, -0.15) is 0 Å². The number of carbonyl (C=O) groups excluding carboxylic acids is 1. The maximum Gasteiger partial charge on any atom is 0.241 e. The topological polar surface area (TPSA) is 41.1 Å². The first-order valence-electron chi connectivity index (χ1n) is 5.07. The molecule has 4 heteroatoms. The predicted octanol–water partition coefficient (Wildman–Crippen LogP) is 2.07. The third-order valence-electron chi connectivity index (χ3n) is 2.63. The van der Waals surface area contributed by atoms with Gasteiger partial charge in [0.1, 0.15) is 5.82 Å². The van der Waals surface area contributed by atoms with E-state index in [1.54, 1.807) is 12.1 Å². The second-order valence-corrected chi connectivity index (χ2v) is 3.75. The van der Waals surface area contributed by atoms with Crippen LogP contribution < -0.4 is 10.9 Å². The van der Waals surface area contributed by atoms with Crippen molar-refractivity contribution >= 4 is 11.6 Å². The number of anilines is 1. The molecule has 1 aliphatic carbocycles. The van der Waals surface area contributed by atoms with Crippen LogP contribution in [-0.4, -0.2) is 5.91 Å². The zero-order chi connectivity index (χ0) is 10.7. The minimum Gasteiger partial charge on any atom is -0.299 e. The highest BCUT2D eigenvalue weighted by atomic mass is 19.1. The predicted molar refractivity (Wildman–Crippen MR) is 55.5 cm³/mol. The fraction of sp³-hybridized carbons (Fsp3) is 0.364. The zero-order valence-electron chi connectivity index (χ0n) is 8.29. The second-order valence-electron chi connectivity index (χ2n) is 3.75. The largest absolute Gasteiger partial charge is 0.299 e. The number of rotatable bonds is 3. The Bertz CT molecular complexity index is 363. The van der Waals surface area contributed by atoms with Crippen LogP contribution >= 0.6 is 0 Å². The first-order valence-corrected chi connectivity index (χ1v) is 5.07. The van der Waals surface area contributed by atoms with Crippen molar-refractivity contribution in [2.24, 2.45) is 5.92 Å². The van der Waals surface area contributed by atoms with Crippen molar-refractivity contribution in [1.29, 1.82) is 0 Å². The van der Waals surface area contributed by atoms with Crippen molar-refractivity contribution in [1.82, 2.24) is 5.43 Å². The molecule has 80 valence electrons. The molecule has 15 heavy (non-hydrogen) atoms. The molecule has 3 nitrogen and oxygen atoms in total. The summed E-state index contributed by atoms with van der Waals surface area (Å²) in [6, 6.07) is 5.98. The summed E-state index contributed by atoms with van der Waals surface area (Å²) in [5, 5.41) is 0. The Morgan fingerprint density at radius 2 is 2.20 bits per heavy atom. The molecule has 0 atom stereocenters. The molecule has 1 aliphatic rings. The zero-order valence-corrected chi connectivity index (χ0v) is 8.29. The number of amides is 1. The molecule has 0 aliphatic heterocycles. The summed E-state index contributed by atoms with van der Waals surface area (Å²) in [6.45, 7) is 0. The molecular weight excluding hydrogens is 195 g/mol. The molecule has 0 aromatic heterocycles. The molecule has 1 aromatic rings. The van der Waals surface area contributed by atoms with Gasteiger partial charge in [0, 0.05) is 5.92 Å². The normalized spacial score (nSPS) is 15.5. The summed E-state index contributed by atoms with van der Waals surface area (Å²) in [4.78, 5) is 11.4. The molecule has 2 N–H and O–H groups in total. The molecule has 2 rings (SSSR count). The first-order chi connectivity index (χ1) is 7.25. The van der Waals surface area contributed by atoms with Crippen LogP contribution in [0.3, 0.4) is 0 Å². The SMILES string of the molecule is O=C(NNc1cccc(F)c1)C1CCC1. The van der Waals surface area contributed by atoms with Crippen LogP contribution in [0.4, 0.5) is 10.1 Å². The first kappa shape index (κ1) is 9.96. The maximum atomic E-state index is 12.8. The van der Waals surface area contributed by atoms with Crippen LogP contribution in [0.25, 0.3) is 0 Å². The minimum absolute atomic E-state index is 0.00879. The van der Waals surface area contributed by atoms with Crippen LogP contribution in [0.15, 0.2) is 24.3 Å². The lowest BCUT2D eigenvalue weighted by Crippen LogP contribution is -2.37. The van der Waals surface area contributed by atoms with Crippen molar-refractivity contribution in [3.63, 3.8) is 0 Å². The average Bonchev–Trinajstić information content (AvgIpc) is 2.12. The Morgan fingerprint density at radius 1 is 1.40 bits per heavy atom. The van der Waals surface area contributed by atoms with E-state index in [0.29, 0.717) is 5.69 Å². The van der Waals surface area contributed by atoms with Crippen molar-refractivity contribution in [2.45, 2.75) is 19.3 Å². The van der Waals surface area contributed by atoms with Crippen LogP contribution in [-0.2, 0) is 4.79 Å². The van der Waals surface area contributed by atoms with E-state index in [1.165, 1.54) is 12.1 Å². The van der Waals surface area contributed by atoms with E-state index in [4.69, 9.17) is 0 Å². The molecule has 0 saturated heterocycles. The third kappa shape index (κ3) is 2.46. The Hall–Kier alpha value is -1.58. The average molecular weight is 208 g/mol. The van der Waals surface area contributed by atoms with E-state index < -0.39 is 0 Å². The Labute approximate surface area is 87.6 Å². The maximum absolute atomic E-state index is 12.8. The van der Waals surface area contributed by atoms with E-state index in [-0.39, 0.29) is 17.6 Å². The second kappa shape index (κ2) is 4.29. The lowest BCUT2D eigenvalue weighted by Gasteiger charge is -2.24. The van der Waals surface area contributed by atoms with E-state index in [1.807, 2.05) is 0 Å². The summed E-state index contributed by atoms with van der Waals surface area (Å²) < 4.78 is 12.8. The van der Waals surface area contributed by atoms with Crippen LogP contribution in [0.5, 0.6) is 0 Å². The van der Waals surface area contributed by atoms with Crippen molar-refractivity contribution in [3.05, 3.63) is 30.1 Å². The quantitative estimate of drug-likeness (QED) is 0.746. The number of hydrogen-bond donors (Lipinski definition) is 2. The van der Waals surface area contributed by atoms with Gasteiger partial charge in [0.15, 0.2) is 0 Å². The van der Waals surface area contributed by atoms with Gasteiger partial charge in [-0.15, -0.1) is 0 Å². The number of halogens is 1. The summed E-state index contributed by atoms with van der Waals surface area (Å²) >= 11 is 0. The number of benzene rings is 1. The Balaban J connectivity index is 1.84. The highest BCUT2D eigenvalue weighted by molar-refractivity contribution is 5.80. The molecule has 0 spiro atoms. The highest BCUT2D eigenvalue weighted by Gasteiger charge is 2.24. The minimum atomic E-state index is -0.321. The molecule has 0 radical (unpaired) electrons. The van der Waals surface area contributed by atoms with Crippen LogP contribution in [0.1, 0.15) is 19.3 Å². The molecule has 1 fully saturated rings. The number of hydrogen-bond acceptors (Lipinski definition) is 2. The van der Waals surface area contributed by atoms with Crippen molar-refractivity contribution in [2.75, 3.05) is 5.43 Å². The van der Waals surface area contributed by atoms with E-state index >= 15 is 0 Å². The number of carbonyl (C=O) groups is 1. The van der Waals surface area contributed by atoms with Gasteiger partial charge in [0.25, 0.3) is 0 Å². The fourth-order valence-corrected chi connectivity index (χ4v) is 1.47. The Morgan fingerprint density at radius 3 is 2.80 bits per heavy atom.